The van der Waals surface area contributed by atoms with Crippen LogP contribution in [0, 0.1) is 23.7 Å². The van der Waals surface area contributed by atoms with Gasteiger partial charge in [0.15, 0.2) is 0 Å². The van der Waals surface area contributed by atoms with E-state index >= 15 is 0 Å². The summed E-state index contributed by atoms with van der Waals surface area (Å²) in [7, 11) is 0. The second-order valence-electron chi connectivity index (χ2n) is 4.14. The van der Waals surface area contributed by atoms with Crippen molar-refractivity contribution in [3.05, 3.63) is 5.92 Å². The molecule has 0 spiro atoms. The molecule has 0 amide bonds. The second kappa shape index (κ2) is 5.40. The minimum atomic E-state index is 0. The maximum atomic E-state index is 2.44. The summed E-state index contributed by atoms with van der Waals surface area (Å²) in [5, 5.41) is 0. The number of halogens is 1. The molecule has 2 heteroatoms. The van der Waals surface area contributed by atoms with Crippen LogP contribution in [0.25, 0.3) is 0 Å². The minimum Gasteiger partial charge on any atom is -1.00 e. The van der Waals surface area contributed by atoms with Gasteiger partial charge in [-0.25, -0.2) is 0 Å². The topological polar surface area (TPSA) is 0 Å². The van der Waals surface area contributed by atoms with E-state index in [1.165, 1.54) is 25.7 Å². The summed E-state index contributed by atoms with van der Waals surface area (Å²) >= 11 is 0. The van der Waals surface area contributed by atoms with E-state index in [4.69, 9.17) is 0 Å². The van der Waals surface area contributed by atoms with Gasteiger partial charge >= 0.3 is 23.1 Å². The fraction of sp³-hybridized carbons (Fsp3) is 0.900. The molecule has 2 bridgehead atoms. The molecule has 3 rings (SSSR count). The summed E-state index contributed by atoms with van der Waals surface area (Å²) in [5.41, 5.74) is 0. The number of hydrogen-bond donors (Lipinski definition) is 0. The molecule has 3 fully saturated rings. The Morgan fingerprint density at radius 3 is 1.83 bits per heavy atom. The Hall–Kier alpha value is 1.50. The maximum Gasteiger partial charge on any atom is 2.00 e. The van der Waals surface area contributed by atoms with E-state index in [1.54, 1.807) is 0 Å². The zero-order valence-electron chi connectivity index (χ0n) is 8.15. The van der Waals surface area contributed by atoms with Gasteiger partial charge in [0, 0.05) is 0 Å². The molecule has 0 heterocycles. The van der Waals surface area contributed by atoms with Crippen LogP contribution in [-0.4, -0.2) is 23.1 Å². The fourth-order valence-corrected chi connectivity index (χ4v) is 2.77. The largest absolute Gasteiger partial charge is 2.00 e. The molecule has 66 valence electrons. The zero-order valence-corrected chi connectivity index (χ0v) is 11.7. The smallest absolute Gasteiger partial charge is 1.00 e. The van der Waals surface area contributed by atoms with Crippen LogP contribution in [0.4, 0.5) is 0 Å². The minimum absolute atomic E-state index is 0. The Balaban J connectivity index is 0.000000605. The van der Waals surface area contributed by atoms with Gasteiger partial charge in [0.2, 0.25) is 0 Å². The molecule has 0 radical (unpaired) electrons. The van der Waals surface area contributed by atoms with Gasteiger partial charge in [0.05, 0.1) is 0 Å². The molecule has 12 heavy (non-hydrogen) atoms. The van der Waals surface area contributed by atoms with Crippen molar-refractivity contribution >= 4 is 23.1 Å². The summed E-state index contributed by atoms with van der Waals surface area (Å²) in [5.74, 6) is 4.90. The van der Waals surface area contributed by atoms with Crippen molar-refractivity contribution in [1.29, 1.82) is 0 Å². The van der Waals surface area contributed by atoms with Crippen molar-refractivity contribution in [2.75, 3.05) is 0 Å². The normalized spacial score (nSPS) is 40.0. The van der Waals surface area contributed by atoms with Gasteiger partial charge < -0.3 is 29.9 Å². The monoisotopic (exact) mass is 288 g/mol. The van der Waals surface area contributed by atoms with Gasteiger partial charge in [0.25, 0.3) is 0 Å². The molecular weight excluding hydrogens is 271 g/mol. The first-order valence-corrected chi connectivity index (χ1v) is 4.63. The third-order valence-electron chi connectivity index (χ3n) is 3.85. The molecular formula is C10H17IMg. The molecule has 0 nitrogen and oxygen atoms in total. The molecule has 0 saturated heterocycles. The molecule has 2 atom stereocenters. The van der Waals surface area contributed by atoms with Gasteiger partial charge in [0.1, 0.15) is 0 Å². The molecule has 3 saturated carbocycles. The first-order chi connectivity index (χ1) is 4.79. The standard InChI is InChI=1S/C10H17.HI.Mg/c1-7-8(2)10-5-3-9(7)4-6-10;;/h7-9H,3-6H2,1-2H3;1H;/q-1;;+2/p-1. The van der Waals surface area contributed by atoms with Crippen LogP contribution in [0.15, 0.2) is 0 Å². The summed E-state index contributed by atoms with van der Waals surface area (Å²) in [6, 6.07) is 0. The Labute approximate surface area is 109 Å². The molecule has 3 aliphatic rings. The van der Waals surface area contributed by atoms with Crippen LogP contribution >= 0.6 is 0 Å². The Morgan fingerprint density at radius 2 is 1.58 bits per heavy atom. The first kappa shape index (κ1) is 13.5. The molecule has 0 aliphatic heterocycles. The van der Waals surface area contributed by atoms with E-state index < -0.39 is 0 Å². The Bertz CT molecular complexity index is 110. The second-order valence-corrected chi connectivity index (χ2v) is 4.14. The average Bonchev–Trinajstić information content (AvgIpc) is 2.00. The van der Waals surface area contributed by atoms with Gasteiger partial charge in [-0.15, -0.1) is 0 Å². The molecule has 0 aromatic rings. The zero-order chi connectivity index (χ0) is 7.14. The number of rotatable bonds is 0. The van der Waals surface area contributed by atoms with Crippen molar-refractivity contribution < 1.29 is 24.0 Å². The predicted octanol–water partition coefficient (Wildman–Crippen LogP) is -0.340. The van der Waals surface area contributed by atoms with Crippen molar-refractivity contribution in [3.8, 4) is 0 Å². The van der Waals surface area contributed by atoms with Gasteiger partial charge in [-0.05, 0) is 5.92 Å². The quantitative estimate of drug-likeness (QED) is 0.325. The van der Waals surface area contributed by atoms with Crippen LogP contribution in [0.2, 0.25) is 0 Å². The van der Waals surface area contributed by atoms with E-state index in [1.807, 2.05) is 5.92 Å². The van der Waals surface area contributed by atoms with Gasteiger partial charge in [-0.3, -0.25) is 0 Å². The third-order valence-corrected chi connectivity index (χ3v) is 3.85. The third kappa shape index (κ3) is 2.29. The molecule has 0 N–H and O–H groups in total. The molecule has 3 aliphatic carbocycles. The van der Waals surface area contributed by atoms with Gasteiger partial charge in [-0.2, -0.15) is 18.8 Å². The van der Waals surface area contributed by atoms with E-state index in [2.05, 4.69) is 13.8 Å². The summed E-state index contributed by atoms with van der Waals surface area (Å²) in [6.45, 7) is 4.86. The fourth-order valence-electron chi connectivity index (χ4n) is 2.77. The summed E-state index contributed by atoms with van der Waals surface area (Å²) in [4.78, 5) is 0. The predicted molar refractivity (Wildman–Crippen MR) is 49.3 cm³/mol. The number of fused-ring (bicyclic) bond motifs is 3. The SMILES string of the molecule is CC1[C-]2CCC(CC2)C1C.[I-].[Mg+2]. The van der Waals surface area contributed by atoms with Gasteiger partial charge in [-0.1, -0.05) is 32.6 Å². The van der Waals surface area contributed by atoms with Crippen molar-refractivity contribution in [1.82, 2.24) is 0 Å². The molecule has 2 unspecified atom stereocenters. The van der Waals surface area contributed by atoms with Crippen molar-refractivity contribution in [2.45, 2.75) is 39.5 Å². The number of hydrogen-bond acceptors (Lipinski definition) is 0. The first-order valence-electron chi connectivity index (χ1n) is 4.63. The summed E-state index contributed by atoms with van der Waals surface area (Å²) in [6.07, 6.45) is 5.91. The van der Waals surface area contributed by atoms with Crippen molar-refractivity contribution in [2.24, 2.45) is 17.8 Å². The van der Waals surface area contributed by atoms with Crippen LogP contribution in [0.3, 0.4) is 0 Å². The Kier molecular flexibility index (Phi) is 6.07. The van der Waals surface area contributed by atoms with Crippen LogP contribution in [0.1, 0.15) is 39.5 Å². The average molecular weight is 288 g/mol. The Morgan fingerprint density at radius 1 is 1.08 bits per heavy atom. The van der Waals surface area contributed by atoms with E-state index in [9.17, 15) is 0 Å². The molecule has 0 aromatic carbocycles. The van der Waals surface area contributed by atoms with E-state index in [0.29, 0.717) is 0 Å². The van der Waals surface area contributed by atoms with Crippen LogP contribution in [0.5, 0.6) is 0 Å². The summed E-state index contributed by atoms with van der Waals surface area (Å²) < 4.78 is 0. The maximum absolute atomic E-state index is 2.44. The van der Waals surface area contributed by atoms with E-state index in [0.717, 1.165) is 17.8 Å². The van der Waals surface area contributed by atoms with Crippen LogP contribution < -0.4 is 24.0 Å². The molecule has 0 aromatic heterocycles. The van der Waals surface area contributed by atoms with Crippen LogP contribution in [-0.2, 0) is 0 Å². The van der Waals surface area contributed by atoms with Crippen molar-refractivity contribution in [3.63, 3.8) is 0 Å². The van der Waals surface area contributed by atoms with E-state index in [-0.39, 0.29) is 47.0 Å².